The summed E-state index contributed by atoms with van der Waals surface area (Å²) in [5.74, 6) is -1.38. The van der Waals surface area contributed by atoms with Crippen molar-refractivity contribution in [2.24, 2.45) is 0 Å². The van der Waals surface area contributed by atoms with Gasteiger partial charge < -0.3 is 14.2 Å². The Hall–Kier alpha value is -0.990. The van der Waals surface area contributed by atoms with E-state index in [0.29, 0.717) is 18.8 Å². The molecule has 7 heteroatoms. The molecule has 0 unspecified atom stereocenters. The molecule has 1 aromatic rings. The average Bonchev–Trinajstić information content (AvgIpc) is 2.37. The second-order valence-electron chi connectivity index (χ2n) is 4.52. The van der Waals surface area contributed by atoms with Gasteiger partial charge in [0.05, 0.1) is 11.3 Å². The van der Waals surface area contributed by atoms with Gasteiger partial charge in [0.1, 0.15) is 0 Å². The van der Waals surface area contributed by atoms with Crippen LogP contribution in [0.5, 0.6) is 0 Å². The van der Waals surface area contributed by atoms with E-state index in [2.05, 4.69) is 0 Å². The Morgan fingerprint density at radius 2 is 1.76 bits per heavy atom. The molecule has 21 heavy (non-hydrogen) atoms. The van der Waals surface area contributed by atoms with Crippen LogP contribution in [0.4, 0.5) is 0 Å². The van der Waals surface area contributed by atoms with E-state index < -0.39 is 16.1 Å². The molecule has 0 aromatic heterocycles. The van der Waals surface area contributed by atoms with E-state index in [-0.39, 0.29) is 11.3 Å². The van der Waals surface area contributed by atoms with E-state index in [1.54, 1.807) is 26.0 Å². The number of hydrogen-bond acceptors (Lipinski definition) is 5. The first kappa shape index (κ1) is 18.1. The maximum Gasteiger partial charge on any atom is 0.294 e. The highest BCUT2D eigenvalue weighted by atomic mass is 32.2. The predicted molar refractivity (Wildman–Crippen MR) is 77.7 cm³/mol. The van der Waals surface area contributed by atoms with Crippen LogP contribution >= 0.6 is 0 Å². The molecule has 0 aliphatic heterocycles. The van der Waals surface area contributed by atoms with E-state index in [1.165, 1.54) is 13.2 Å². The maximum absolute atomic E-state index is 11.5. The van der Waals surface area contributed by atoms with Crippen LogP contribution in [0.25, 0.3) is 0 Å². The molecule has 1 rings (SSSR count). The maximum atomic E-state index is 11.5. The van der Waals surface area contributed by atoms with Gasteiger partial charge in [0.25, 0.3) is 16.1 Å². The average molecular weight is 318 g/mol. The summed E-state index contributed by atoms with van der Waals surface area (Å²) in [5, 5.41) is 0. The molecule has 0 saturated heterocycles. The lowest BCUT2D eigenvalue weighted by Crippen LogP contribution is -2.41. The molecular weight excluding hydrogens is 296 g/mol. The van der Waals surface area contributed by atoms with Crippen LogP contribution in [-0.4, -0.2) is 39.3 Å². The molecule has 1 aromatic carbocycles. The smallest absolute Gasteiger partial charge is 0.294 e. The van der Waals surface area contributed by atoms with Crippen LogP contribution in [0.1, 0.15) is 25.0 Å². The summed E-state index contributed by atoms with van der Waals surface area (Å²) >= 11 is 0. The summed E-state index contributed by atoms with van der Waals surface area (Å²) in [5.41, 5.74) is 1.23. The van der Waals surface area contributed by atoms with E-state index in [1.807, 2.05) is 6.92 Å². The topological polar surface area (TPSA) is 82.1 Å². The fourth-order valence-corrected chi connectivity index (χ4v) is 2.81. The highest BCUT2D eigenvalue weighted by Gasteiger charge is 2.34. The molecule has 0 aliphatic carbocycles. The van der Waals surface area contributed by atoms with Crippen molar-refractivity contribution in [3.63, 3.8) is 0 Å². The zero-order chi connectivity index (χ0) is 16.1. The third-order valence-electron chi connectivity index (χ3n) is 2.94. The molecule has 0 atom stereocenters. The summed E-state index contributed by atoms with van der Waals surface area (Å²) in [6.45, 7) is 6.06. The molecule has 0 saturated carbocycles. The van der Waals surface area contributed by atoms with Crippen LogP contribution in [0.2, 0.25) is 0 Å². The Morgan fingerprint density at radius 1 is 1.19 bits per heavy atom. The van der Waals surface area contributed by atoms with Crippen molar-refractivity contribution in [1.29, 1.82) is 0 Å². The number of ether oxygens (including phenoxy) is 3. The molecule has 0 aliphatic rings. The second kappa shape index (κ2) is 7.33. The molecular formula is C14H22O6S. The van der Waals surface area contributed by atoms with Crippen molar-refractivity contribution in [3.05, 3.63) is 29.3 Å². The molecule has 0 radical (unpaired) electrons. The molecule has 0 bridgehead atoms. The Labute approximate surface area is 125 Å². The van der Waals surface area contributed by atoms with Crippen LogP contribution in [0.3, 0.4) is 0 Å². The highest BCUT2D eigenvalue weighted by Crippen LogP contribution is 2.26. The van der Waals surface area contributed by atoms with E-state index in [4.69, 9.17) is 14.2 Å². The lowest BCUT2D eigenvalue weighted by atomic mass is 10.1. The standard InChI is InChI=1S/C14H22O6S/c1-5-19-14(18-4,20-6-2)10-12-9-11(3)7-8-13(12)21(15,16)17/h7-9H,5-6,10H2,1-4H3,(H,15,16,17). The van der Waals surface area contributed by atoms with Crippen molar-refractivity contribution >= 4 is 10.1 Å². The Kier molecular flexibility index (Phi) is 6.30. The van der Waals surface area contributed by atoms with Gasteiger partial charge in [-0.15, -0.1) is 0 Å². The fraction of sp³-hybridized carbons (Fsp3) is 0.571. The van der Waals surface area contributed by atoms with Gasteiger partial charge in [0.2, 0.25) is 0 Å². The quantitative estimate of drug-likeness (QED) is 0.584. The molecule has 1 N–H and O–H groups in total. The minimum Gasteiger partial charge on any atom is -0.331 e. The Bertz CT molecular complexity index is 561. The summed E-state index contributed by atoms with van der Waals surface area (Å²) < 4.78 is 48.6. The number of rotatable bonds is 8. The first-order valence-electron chi connectivity index (χ1n) is 6.68. The van der Waals surface area contributed by atoms with Crippen molar-refractivity contribution in [2.75, 3.05) is 20.3 Å². The van der Waals surface area contributed by atoms with Gasteiger partial charge in [-0.2, -0.15) is 8.42 Å². The lowest BCUT2D eigenvalue weighted by molar-refractivity contribution is -0.368. The van der Waals surface area contributed by atoms with Gasteiger partial charge >= 0.3 is 0 Å². The fourth-order valence-electron chi connectivity index (χ4n) is 2.10. The van der Waals surface area contributed by atoms with Crippen molar-refractivity contribution in [2.45, 2.75) is 38.1 Å². The normalized spacial score (nSPS) is 12.6. The summed E-state index contributed by atoms with van der Waals surface area (Å²) in [6.07, 6.45) is 0.0436. The zero-order valence-corrected chi connectivity index (χ0v) is 13.6. The minimum atomic E-state index is -4.33. The minimum absolute atomic E-state index is 0.0436. The third-order valence-corrected chi connectivity index (χ3v) is 3.89. The predicted octanol–water partition coefficient (Wildman–Crippen LogP) is 2.16. The van der Waals surface area contributed by atoms with Gasteiger partial charge in [0, 0.05) is 20.3 Å². The molecule has 0 amide bonds. The monoisotopic (exact) mass is 318 g/mol. The largest absolute Gasteiger partial charge is 0.331 e. The molecule has 120 valence electrons. The lowest BCUT2D eigenvalue weighted by Gasteiger charge is -2.31. The number of benzene rings is 1. The second-order valence-corrected chi connectivity index (χ2v) is 5.91. The summed E-state index contributed by atoms with van der Waals surface area (Å²) in [6, 6.07) is 4.63. The van der Waals surface area contributed by atoms with Crippen LogP contribution in [0, 0.1) is 6.92 Å². The number of aryl methyl sites for hydroxylation is 1. The van der Waals surface area contributed by atoms with Crippen LogP contribution < -0.4 is 0 Å². The molecule has 6 nitrogen and oxygen atoms in total. The van der Waals surface area contributed by atoms with Gasteiger partial charge in [-0.1, -0.05) is 17.7 Å². The highest BCUT2D eigenvalue weighted by molar-refractivity contribution is 7.85. The Morgan fingerprint density at radius 3 is 2.19 bits per heavy atom. The van der Waals surface area contributed by atoms with Crippen molar-refractivity contribution in [3.8, 4) is 0 Å². The van der Waals surface area contributed by atoms with Crippen LogP contribution in [-0.2, 0) is 30.7 Å². The molecule has 0 fully saturated rings. The van der Waals surface area contributed by atoms with E-state index in [0.717, 1.165) is 5.56 Å². The van der Waals surface area contributed by atoms with Crippen LogP contribution in [0.15, 0.2) is 23.1 Å². The summed E-state index contributed by atoms with van der Waals surface area (Å²) in [4.78, 5) is -0.172. The number of hydrogen-bond donors (Lipinski definition) is 1. The Balaban J connectivity index is 3.28. The van der Waals surface area contributed by atoms with E-state index >= 15 is 0 Å². The van der Waals surface area contributed by atoms with Crippen molar-refractivity contribution < 1.29 is 27.2 Å². The van der Waals surface area contributed by atoms with Crippen molar-refractivity contribution in [1.82, 2.24) is 0 Å². The van der Waals surface area contributed by atoms with Gasteiger partial charge in [-0.25, -0.2) is 0 Å². The SMILES string of the molecule is CCOC(Cc1cc(C)ccc1S(=O)(=O)O)(OC)OCC. The molecule has 0 heterocycles. The van der Waals surface area contributed by atoms with Gasteiger partial charge in [-0.05, 0) is 32.4 Å². The third kappa shape index (κ3) is 4.76. The van der Waals surface area contributed by atoms with E-state index in [9.17, 15) is 13.0 Å². The zero-order valence-electron chi connectivity index (χ0n) is 12.8. The van der Waals surface area contributed by atoms with Gasteiger partial charge in [-0.3, -0.25) is 4.55 Å². The summed E-state index contributed by atoms with van der Waals surface area (Å²) in [7, 11) is -2.90. The first-order chi connectivity index (χ1) is 9.78. The van der Waals surface area contributed by atoms with Gasteiger partial charge in [0.15, 0.2) is 0 Å². The number of methoxy groups -OCH3 is 1. The first-order valence-corrected chi connectivity index (χ1v) is 8.12. The molecule has 0 spiro atoms.